The van der Waals surface area contributed by atoms with E-state index in [1.165, 1.54) is 0 Å². The van der Waals surface area contributed by atoms with Crippen molar-refractivity contribution in [2.24, 2.45) is 0 Å². The summed E-state index contributed by atoms with van der Waals surface area (Å²) in [7, 11) is 0. The van der Waals surface area contributed by atoms with Gasteiger partial charge >= 0.3 is 6.18 Å². The van der Waals surface area contributed by atoms with Gasteiger partial charge in [-0.2, -0.15) is 13.2 Å². The minimum atomic E-state index is -4.88. The van der Waals surface area contributed by atoms with E-state index in [0.717, 1.165) is 0 Å². The molecular formula is C16H13F6N5O2. The maximum atomic E-state index is 13.9. The number of amides is 2. The number of halogens is 6. The van der Waals surface area contributed by atoms with Crippen LogP contribution in [0.4, 0.5) is 26.3 Å². The molecular weight excluding hydrogens is 408 g/mol. The van der Waals surface area contributed by atoms with E-state index in [9.17, 15) is 35.9 Å². The second-order valence-electron chi connectivity index (χ2n) is 6.28. The number of nitrogens with one attached hydrogen (secondary N) is 2. The molecule has 1 aliphatic rings. The molecule has 1 aromatic carbocycles. The molecule has 1 aromatic heterocycles. The van der Waals surface area contributed by atoms with Gasteiger partial charge in [0.1, 0.15) is 5.82 Å². The lowest BCUT2D eigenvalue weighted by atomic mass is 10.0. The third-order valence-electron chi connectivity index (χ3n) is 4.19. The van der Waals surface area contributed by atoms with Crippen LogP contribution in [0.2, 0.25) is 0 Å². The minimum Gasteiger partial charge on any atom is -0.354 e. The third kappa shape index (κ3) is 4.49. The summed E-state index contributed by atoms with van der Waals surface area (Å²) < 4.78 is 80.1. The summed E-state index contributed by atoms with van der Waals surface area (Å²) in [5, 5.41) is 10.9. The molecule has 0 unspecified atom stereocenters. The monoisotopic (exact) mass is 421 g/mol. The smallest absolute Gasteiger partial charge is 0.354 e. The summed E-state index contributed by atoms with van der Waals surface area (Å²) in [4.78, 5) is 24.4. The van der Waals surface area contributed by atoms with Crippen LogP contribution in [0.5, 0.6) is 0 Å². The summed E-state index contributed by atoms with van der Waals surface area (Å²) in [6, 6.07) is -0.226. The van der Waals surface area contributed by atoms with E-state index in [-0.39, 0.29) is 18.5 Å². The number of carbonyl (C=O) groups is 2. The SMILES string of the molecule is O=C1C[C@@H](Cc2cc(F)c(F)cc2F)NC(=O)c2nnc(C(F)(F)F)n2CCN1. The first-order valence-corrected chi connectivity index (χ1v) is 8.27. The molecule has 0 spiro atoms. The highest BCUT2D eigenvalue weighted by atomic mass is 19.4. The lowest BCUT2D eigenvalue weighted by Crippen LogP contribution is -2.44. The number of alkyl halides is 3. The molecule has 156 valence electrons. The Morgan fingerprint density at radius 2 is 1.76 bits per heavy atom. The number of carbonyl (C=O) groups excluding carboxylic acids is 2. The van der Waals surface area contributed by atoms with Crippen molar-refractivity contribution < 1.29 is 35.9 Å². The van der Waals surface area contributed by atoms with Gasteiger partial charge in [0, 0.05) is 31.6 Å². The molecule has 0 saturated carbocycles. The second-order valence-corrected chi connectivity index (χ2v) is 6.28. The highest BCUT2D eigenvalue weighted by molar-refractivity contribution is 5.91. The van der Waals surface area contributed by atoms with Crippen molar-refractivity contribution >= 4 is 11.8 Å². The Morgan fingerprint density at radius 3 is 2.45 bits per heavy atom. The molecule has 0 radical (unpaired) electrons. The molecule has 0 saturated heterocycles. The van der Waals surface area contributed by atoms with Gasteiger partial charge in [0.2, 0.25) is 17.6 Å². The number of hydrogen-bond donors (Lipinski definition) is 2. The predicted molar refractivity (Wildman–Crippen MR) is 83.9 cm³/mol. The molecule has 2 aromatic rings. The standard InChI is InChI=1S/C16H13F6N5O2/c17-9-6-11(19)10(18)4-7(9)3-8-5-12(28)23-1-2-27-13(14(29)24-8)25-26-15(27)16(20,21)22/h4,6,8H,1-3,5H2,(H,23,28)(H,24,29)/t8-/m1/s1. The molecule has 3 rings (SSSR count). The molecule has 7 nitrogen and oxygen atoms in total. The van der Waals surface area contributed by atoms with Crippen LogP contribution >= 0.6 is 0 Å². The Morgan fingerprint density at radius 1 is 1.07 bits per heavy atom. The molecule has 0 fully saturated rings. The van der Waals surface area contributed by atoms with Crippen LogP contribution < -0.4 is 10.6 Å². The second kappa shape index (κ2) is 7.72. The van der Waals surface area contributed by atoms with E-state index in [2.05, 4.69) is 20.8 Å². The van der Waals surface area contributed by atoms with Gasteiger partial charge in [0.25, 0.3) is 5.91 Å². The Hall–Kier alpha value is -3.12. The minimum absolute atomic E-state index is 0.244. The Balaban J connectivity index is 1.92. The highest BCUT2D eigenvalue weighted by Crippen LogP contribution is 2.28. The average molecular weight is 421 g/mol. The molecule has 1 aliphatic heterocycles. The van der Waals surface area contributed by atoms with Crippen molar-refractivity contribution in [2.75, 3.05) is 6.54 Å². The van der Waals surface area contributed by atoms with Crippen molar-refractivity contribution in [2.45, 2.75) is 31.6 Å². The highest BCUT2D eigenvalue weighted by Gasteiger charge is 2.39. The molecule has 1 atom stereocenters. The zero-order valence-electron chi connectivity index (χ0n) is 14.5. The molecule has 13 heteroatoms. The first-order valence-electron chi connectivity index (χ1n) is 8.27. The fraction of sp³-hybridized carbons (Fsp3) is 0.375. The maximum Gasteiger partial charge on any atom is 0.451 e. The van der Waals surface area contributed by atoms with Gasteiger partial charge in [-0.05, 0) is 18.1 Å². The van der Waals surface area contributed by atoms with E-state index in [1.807, 2.05) is 0 Å². The number of hydrogen-bond acceptors (Lipinski definition) is 4. The van der Waals surface area contributed by atoms with Gasteiger partial charge in [-0.1, -0.05) is 0 Å². The van der Waals surface area contributed by atoms with Crippen LogP contribution in [0, 0.1) is 17.5 Å². The molecule has 29 heavy (non-hydrogen) atoms. The van der Waals surface area contributed by atoms with Gasteiger partial charge in [0.15, 0.2) is 11.6 Å². The number of fused-ring (bicyclic) bond motifs is 1. The first kappa shape index (κ1) is 20.6. The van der Waals surface area contributed by atoms with E-state index >= 15 is 0 Å². The van der Waals surface area contributed by atoms with E-state index in [1.54, 1.807) is 0 Å². The number of rotatable bonds is 2. The topological polar surface area (TPSA) is 88.9 Å². The Kier molecular flexibility index (Phi) is 5.48. The lowest BCUT2D eigenvalue weighted by molar-refractivity contribution is -0.147. The Labute approximate surface area is 159 Å². The van der Waals surface area contributed by atoms with Crippen LogP contribution in [-0.2, 0) is 23.9 Å². The third-order valence-corrected chi connectivity index (χ3v) is 4.19. The summed E-state index contributed by atoms with van der Waals surface area (Å²) in [5.74, 6) is -7.61. The van der Waals surface area contributed by atoms with Crippen LogP contribution in [0.1, 0.15) is 28.4 Å². The molecule has 2 amide bonds. The summed E-state index contributed by atoms with van der Waals surface area (Å²) in [6.45, 7) is -0.648. The van der Waals surface area contributed by atoms with Gasteiger partial charge in [-0.15, -0.1) is 10.2 Å². The van der Waals surface area contributed by atoms with E-state index < -0.39 is 66.1 Å². The van der Waals surface area contributed by atoms with Gasteiger partial charge in [-0.25, -0.2) is 13.2 Å². The van der Waals surface area contributed by atoms with E-state index in [4.69, 9.17) is 0 Å². The van der Waals surface area contributed by atoms with E-state index in [0.29, 0.717) is 16.7 Å². The van der Waals surface area contributed by atoms with Crippen molar-refractivity contribution in [3.8, 4) is 0 Å². The fourth-order valence-corrected chi connectivity index (χ4v) is 2.91. The zero-order valence-corrected chi connectivity index (χ0v) is 14.5. The van der Waals surface area contributed by atoms with Crippen LogP contribution in [0.25, 0.3) is 0 Å². The maximum absolute atomic E-state index is 13.9. The molecule has 2 heterocycles. The molecule has 0 aliphatic carbocycles. The molecule has 2 N–H and O–H groups in total. The zero-order chi connectivity index (χ0) is 21.3. The molecule has 0 bridgehead atoms. The number of benzene rings is 1. The quantitative estimate of drug-likeness (QED) is 0.569. The first-order chi connectivity index (χ1) is 13.6. The van der Waals surface area contributed by atoms with Crippen molar-refractivity contribution in [3.63, 3.8) is 0 Å². The van der Waals surface area contributed by atoms with Crippen LogP contribution in [0.3, 0.4) is 0 Å². The summed E-state index contributed by atoms with van der Waals surface area (Å²) >= 11 is 0. The average Bonchev–Trinajstić information content (AvgIpc) is 3.03. The normalized spacial score (nSPS) is 18.1. The Bertz CT molecular complexity index is 958. The summed E-state index contributed by atoms with van der Waals surface area (Å²) in [5.41, 5.74) is -0.323. The fourth-order valence-electron chi connectivity index (χ4n) is 2.91. The van der Waals surface area contributed by atoms with Crippen LogP contribution in [-0.4, -0.2) is 39.2 Å². The number of nitrogens with zero attached hydrogens (tertiary/aromatic N) is 3. The van der Waals surface area contributed by atoms with Crippen molar-refractivity contribution in [3.05, 3.63) is 46.8 Å². The lowest BCUT2D eigenvalue weighted by Gasteiger charge is -2.21. The summed E-state index contributed by atoms with van der Waals surface area (Å²) in [6.07, 6.45) is -5.67. The largest absolute Gasteiger partial charge is 0.451 e. The number of aromatic nitrogens is 3. The van der Waals surface area contributed by atoms with Gasteiger partial charge in [0.05, 0.1) is 0 Å². The van der Waals surface area contributed by atoms with Gasteiger partial charge in [-0.3, -0.25) is 14.2 Å². The van der Waals surface area contributed by atoms with Crippen molar-refractivity contribution in [1.82, 2.24) is 25.4 Å². The predicted octanol–water partition coefficient (Wildman–Crippen LogP) is 1.58. The van der Waals surface area contributed by atoms with Crippen LogP contribution in [0.15, 0.2) is 12.1 Å². The van der Waals surface area contributed by atoms with Crippen molar-refractivity contribution in [1.29, 1.82) is 0 Å². The van der Waals surface area contributed by atoms with Gasteiger partial charge < -0.3 is 10.6 Å².